The molecule has 9 nitrogen and oxygen atoms in total. The molecule has 2 fully saturated rings. The Bertz CT molecular complexity index is 1410. The van der Waals surface area contributed by atoms with Crippen LogP contribution in [0.15, 0.2) is 72.8 Å². The third-order valence-electron chi connectivity index (χ3n) is 8.71. The van der Waals surface area contributed by atoms with Gasteiger partial charge in [-0.2, -0.15) is 0 Å². The molecule has 2 aliphatic heterocycles. The number of aliphatic hydroxyl groups excluding tert-OH is 2. The molecule has 2 heterocycles. The number of amides is 2. The third-order valence-corrected chi connectivity index (χ3v) is 8.71. The molecule has 0 saturated carbocycles. The fraction of sp³-hybridized carbons (Fsp3) is 0.459. The summed E-state index contributed by atoms with van der Waals surface area (Å²) in [4.78, 5) is 25.6. The molecule has 5 rings (SSSR count). The molecule has 3 aromatic rings. The van der Waals surface area contributed by atoms with E-state index in [0.717, 1.165) is 72.2 Å². The predicted molar refractivity (Wildman–Crippen MR) is 176 cm³/mol. The van der Waals surface area contributed by atoms with E-state index in [4.69, 9.17) is 9.47 Å². The summed E-state index contributed by atoms with van der Waals surface area (Å²) in [6.07, 6.45) is 3.52. The molecule has 0 radical (unpaired) electrons. The zero-order valence-electron chi connectivity index (χ0n) is 26.7. The van der Waals surface area contributed by atoms with Gasteiger partial charge in [-0.3, -0.25) is 14.5 Å². The summed E-state index contributed by atoms with van der Waals surface area (Å²) in [5.74, 6) is 0.00649. The van der Waals surface area contributed by atoms with E-state index in [2.05, 4.69) is 39.8 Å². The summed E-state index contributed by atoms with van der Waals surface area (Å²) < 4.78 is 13.0. The fourth-order valence-electron chi connectivity index (χ4n) is 6.13. The maximum atomic E-state index is 12.3. The molecule has 2 saturated heterocycles. The highest BCUT2D eigenvalue weighted by Crippen LogP contribution is 2.39. The van der Waals surface area contributed by atoms with Gasteiger partial charge < -0.3 is 30.3 Å². The van der Waals surface area contributed by atoms with Crippen molar-refractivity contribution in [1.29, 1.82) is 0 Å². The molecule has 0 aliphatic carbocycles. The second-order valence-corrected chi connectivity index (χ2v) is 12.4. The summed E-state index contributed by atoms with van der Waals surface area (Å²) in [6, 6.07) is 24.3. The Labute approximate surface area is 271 Å². The van der Waals surface area contributed by atoms with Crippen LogP contribution in [0.3, 0.4) is 0 Å². The minimum atomic E-state index is -0.533. The summed E-state index contributed by atoms with van der Waals surface area (Å²) in [6.45, 7) is 4.90. The average molecular weight is 630 g/mol. The minimum Gasteiger partial charge on any atom is -0.392 e. The quantitative estimate of drug-likeness (QED) is 0.190. The smallest absolute Gasteiger partial charge is 0.220 e. The topological polar surface area (TPSA) is 120 Å². The highest BCUT2D eigenvalue weighted by Gasteiger charge is 2.34. The number of carbonyl (C=O) groups excluding carboxylic acids is 2. The Hall–Kier alpha value is -3.60. The molecule has 2 aliphatic rings. The van der Waals surface area contributed by atoms with Crippen LogP contribution in [-0.2, 0) is 32.2 Å². The van der Waals surface area contributed by atoms with Gasteiger partial charge in [0.15, 0.2) is 6.29 Å². The molecule has 4 N–H and O–H groups in total. The molecule has 46 heavy (non-hydrogen) atoms. The minimum absolute atomic E-state index is 0.00434. The fourth-order valence-corrected chi connectivity index (χ4v) is 6.13. The zero-order valence-corrected chi connectivity index (χ0v) is 26.7. The Balaban J connectivity index is 1.19. The van der Waals surface area contributed by atoms with Gasteiger partial charge in [0.1, 0.15) is 0 Å². The van der Waals surface area contributed by atoms with Crippen molar-refractivity contribution in [3.63, 3.8) is 0 Å². The number of hydrogen-bond acceptors (Lipinski definition) is 7. The molecular formula is C37H47N3O6. The predicted octanol–water partition coefficient (Wildman–Crippen LogP) is 4.77. The molecule has 0 aromatic heterocycles. The van der Waals surface area contributed by atoms with Gasteiger partial charge in [-0.05, 0) is 53.1 Å². The maximum Gasteiger partial charge on any atom is 0.220 e. The van der Waals surface area contributed by atoms with Gasteiger partial charge in [0.2, 0.25) is 11.8 Å². The number of nitrogens with one attached hydrogen (secondary N) is 2. The standard InChI is InChI=1S/C37H47N3O6/c1-26(42)38-18-4-2-3-8-36(44)39-22-28-6-5-7-32(20-28)29-13-15-31(16-14-29)37-45-34(24-40-19-17-33(43)23-40)21-35(46-37)30-11-9-27(25-41)10-12-30/h5-7,9-16,20,33-35,37,41,43H,2-4,8,17-19,21-25H2,1H3,(H,38,42)(H,39,44)/t33-,34+,35-,37-/m0/s1. The van der Waals surface area contributed by atoms with Crippen LogP contribution in [-0.4, -0.2) is 65.3 Å². The van der Waals surface area contributed by atoms with Crippen LogP contribution in [0, 0.1) is 0 Å². The van der Waals surface area contributed by atoms with E-state index in [1.807, 2.05) is 48.5 Å². The molecule has 0 bridgehead atoms. The normalized spacial score (nSPS) is 21.6. The number of carbonyl (C=O) groups is 2. The number of hydrogen-bond donors (Lipinski definition) is 4. The molecule has 246 valence electrons. The van der Waals surface area contributed by atoms with Crippen LogP contribution in [0.1, 0.15) is 80.1 Å². The van der Waals surface area contributed by atoms with Gasteiger partial charge in [0, 0.05) is 58.1 Å². The van der Waals surface area contributed by atoms with E-state index in [9.17, 15) is 19.8 Å². The molecule has 0 unspecified atom stereocenters. The summed E-state index contributed by atoms with van der Waals surface area (Å²) in [5.41, 5.74) is 6.01. The van der Waals surface area contributed by atoms with E-state index in [-0.39, 0.29) is 36.7 Å². The Morgan fingerprint density at radius 3 is 2.39 bits per heavy atom. The van der Waals surface area contributed by atoms with Crippen molar-refractivity contribution in [2.45, 2.75) is 83.2 Å². The second-order valence-electron chi connectivity index (χ2n) is 12.4. The first-order valence-electron chi connectivity index (χ1n) is 16.5. The van der Waals surface area contributed by atoms with Crippen molar-refractivity contribution < 1.29 is 29.3 Å². The van der Waals surface area contributed by atoms with Gasteiger partial charge in [-0.15, -0.1) is 0 Å². The number of β-amino-alcohol motifs (C(OH)–C–C–N with tert-alkyl or cyclic N) is 1. The van der Waals surface area contributed by atoms with Crippen molar-refractivity contribution in [2.24, 2.45) is 0 Å². The highest BCUT2D eigenvalue weighted by molar-refractivity contribution is 5.76. The number of nitrogens with zero attached hydrogens (tertiary/aromatic N) is 1. The Morgan fingerprint density at radius 1 is 0.891 bits per heavy atom. The van der Waals surface area contributed by atoms with Crippen LogP contribution in [0.4, 0.5) is 0 Å². The average Bonchev–Trinajstić information content (AvgIpc) is 3.49. The molecule has 0 spiro atoms. The maximum absolute atomic E-state index is 12.3. The molecule has 4 atom stereocenters. The number of benzene rings is 3. The Kier molecular flexibility index (Phi) is 12.3. The van der Waals surface area contributed by atoms with Gasteiger partial charge in [0.05, 0.1) is 24.9 Å². The summed E-state index contributed by atoms with van der Waals surface area (Å²) >= 11 is 0. The van der Waals surface area contributed by atoms with Crippen LogP contribution in [0.5, 0.6) is 0 Å². The first kappa shape index (κ1) is 33.8. The number of unbranched alkanes of at least 4 members (excludes halogenated alkanes) is 2. The van der Waals surface area contributed by atoms with Crippen molar-refractivity contribution in [3.05, 3.63) is 95.1 Å². The highest BCUT2D eigenvalue weighted by atomic mass is 16.7. The van der Waals surface area contributed by atoms with E-state index in [1.54, 1.807) is 0 Å². The first-order valence-corrected chi connectivity index (χ1v) is 16.5. The largest absolute Gasteiger partial charge is 0.392 e. The SMILES string of the molecule is CC(=O)NCCCCCC(=O)NCc1cccc(-c2ccc([C@H]3O[C@@H](CN4CC[C@H](O)C4)C[C@@H](c4ccc(CO)cc4)O3)cc2)c1. The number of ether oxygens (including phenoxy) is 2. The lowest BCUT2D eigenvalue weighted by molar-refractivity contribution is -0.252. The van der Waals surface area contributed by atoms with Gasteiger partial charge in [-0.1, -0.05) is 73.2 Å². The van der Waals surface area contributed by atoms with Crippen LogP contribution >= 0.6 is 0 Å². The van der Waals surface area contributed by atoms with Gasteiger partial charge in [-0.25, -0.2) is 0 Å². The lowest BCUT2D eigenvalue weighted by Crippen LogP contribution is -2.38. The molecule has 3 aromatic carbocycles. The van der Waals surface area contributed by atoms with E-state index in [1.165, 1.54) is 6.92 Å². The van der Waals surface area contributed by atoms with E-state index in [0.29, 0.717) is 32.5 Å². The van der Waals surface area contributed by atoms with Gasteiger partial charge in [0.25, 0.3) is 0 Å². The Morgan fingerprint density at radius 2 is 1.67 bits per heavy atom. The van der Waals surface area contributed by atoms with Crippen molar-refractivity contribution >= 4 is 11.8 Å². The summed E-state index contributed by atoms with van der Waals surface area (Å²) in [7, 11) is 0. The van der Waals surface area contributed by atoms with Crippen molar-refractivity contribution in [2.75, 3.05) is 26.2 Å². The van der Waals surface area contributed by atoms with E-state index < -0.39 is 6.29 Å². The van der Waals surface area contributed by atoms with E-state index >= 15 is 0 Å². The third kappa shape index (κ3) is 9.95. The van der Waals surface area contributed by atoms with Crippen molar-refractivity contribution in [1.82, 2.24) is 15.5 Å². The second kappa shape index (κ2) is 16.8. The molecule has 2 amide bonds. The van der Waals surface area contributed by atoms with Crippen LogP contribution in [0.2, 0.25) is 0 Å². The lowest BCUT2D eigenvalue weighted by atomic mass is 9.99. The van der Waals surface area contributed by atoms with Crippen molar-refractivity contribution in [3.8, 4) is 11.1 Å². The van der Waals surface area contributed by atoms with Crippen LogP contribution < -0.4 is 10.6 Å². The van der Waals surface area contributed by atoms with Crippen LogP contribution in [0.25, 0.3) is 11.1 Å². The number of likely N-dealkylation sites (tertiary alicyclic amines) is 1. The molecule has 9 heteroatoms. The lowest BCUT2D eigenvalue weighted by Gasteiger charge is -2.37. The zero-order chi connectivity index (χ0) is 32.3. The van der Waals surface area contributed by atoms with Gasteiger partial charge >= 0.3 is 0 Å². The number of rotatable bonds is 14. The molecular weight excluding hydrogens is 582 g/mol. The first-order chi connectivity index (χ1) is 22.4. The summed E-state index contributed by atoms with van der Waals surface area (Å²) in [5, 5.41) is 25.3. The monoisotopic (exact) mass is 629 g/mol. The number of aliphatic hydroxyl groups is 2.